The van der Waals surface area contributed by atoms with Gasteiger partial charge in [-0.05, 0) is 29.8 Å². The average Bonchev–Trinajstić information content (AvgIpc) is 3.07. The smallest absolute Gasteiger partial charge is 0.244 e. The molecular formula is C15H18N6OS. The van der Waals surface area contributed by atoms with E-state index in [9.17, 15) is 4.79 Å². The van der Waals surface area contributed by atoms with Crippen molar-refractivity contribution in [1.29, 1.82) is 0 Å². The number of hydrogen-bond acceptors (Lipinski definition) is 6. The van der Waals surface area contributed by atoms with E-state index >= 15 is 0 Å². The van der Waals surface area contributed by atoms with Gasteiger partial charge in [0.25, 0.3) is 0 Å². The van der Waals surface area contributed by atoms with E-state index in [1.54, 1.807) is 16.4 Å². The Kier molecular flexibility index (Phi) is 3.21. The Bertz CT molecular complexity index is 745. The molecule has 2 saturated heterocycles. The maximum absolute atomic E-state index is 12.2. The molecule has 0 bridgehead atoms. The molecule has 2 aliphatic rings. The van der Waals surface area contributed by atoms with Gasteiger partial charge in [-0.1, -0.05) is 30.3 Å². The van der Waals surface area contributed by atoms with Crippen molar-refractivity contribution in [2.24, 2.45) is 5.73 Å². The molecule has 2 N–H and O–H groups in total. The summed E-state index contributed by atoms with van der Waals surface area (Å²) >= 11 is 1.72. The van der Waals surface area contributed by atoms with Crippen LogP contribution in [-0.4, -0.2) is 47.2 Å². The predicted molar refractivity (Wildman–Crippen MR) is 86.4 cm³/mol. The van der Waals surface area contributed by atoms with Crippen LogP contribution >= 0.6 is 11.8 Å². The minimum atomic E-state index is -0.414. The fourth-order valence-corrected chi connectivity index (χ4v) is 4.91. The first-order valence-electron chi connectivity index (χ1n) is 7.54. The highest BCUT2D eigenvalue weighted by Crippen LogP contribution is 2.56. The monoisotopic (exact) mass is 330 g/mol. The molecular weight excluding hydrogens is 312 g/mol. The minimum absolute atomic E-state index is 0.0179. The average molecular weight is 330 g/mol. The van der Waals surface area contributed by atoms with Gasteiger partial charge < -0.3 is 10.6 Å². The molecule has 1 amide bonds. The zero-order valence-electron chi connectivity index (χ0n) is 13.0. The second-order valence-corrected chi connectivity index (χ2v) is 8.24. The van der Waals surface area contributed by atoms with Crippen LogP contribution in [0.5, 0.6) is 0 Å². The normalized spacial score (nSPS) is 28.6. The van der Waals surface area contributed by atoms with Gasteiger partial charge in [0, 0.05) is 4.75 Å². The van der Waals surface area contributed by atoms with Gasteiger partial charge in [-0.3, -0.25) is 4.79 Å². The second-order valence-electron chi connectivity index (χ2n) is 6.47. The quantitative estimate of drug-likeness (QED) is 0.837. The molecule has 23 heavy (non-hydrogen) atoms. The third-order valence-corrected chi connectivity index (χ3v) is 6.05. The first kappa shape index (κ1) is 14.6. The molecule has 0 saturated carbocycles. The number of nitrogens with zero attached hydrogens (tertiary/aromatic N) is 5. The van der Waals surface area contributed by atoms with Crippen molar-refractivity contribution in [3.63, 3.8) is 0 Å². The van der Waals surface area contributed by atoms with Gasteiger partial charge >= 0.3 is 0 Å². The lowest BCUT2D eigenvalue weighted by atomic mass is 9.95. The van der Waals surface area contributed by atoms with E-state index in [2.05, 4.69) is 29.4 Å². The number of aromatic nitrogens is 4. The molecule has 2 fully saturated rings. The Hall–Kier alpha value is -1.93. The first-order chi connectivity index (χ1) is 11.0. The summed E-state index contributed by atoms with van der Waals surface area (Å²) in [6.45, 7) is 4.81. The molecule has 2 unspecified atom stereocenters. The molecule has 2 aliphatic heterocycles. The number of nitrogens with two attached hydrogens (primary N) is 1. The molecule has 3 atom stereocenters. The largest absolute Gasteiger partial charge is 0.317 e. The van der Waals surface area contributed by atoms with Crippen molar-refractivity contribution < 1.29 is 4.79 Å². The van der Waals surface area contributed by atoms with Crippen LogP contribution in [-0.2, 0) is 11.3 Å². The van der Waals surface area contributed by atoms with Gasteiger partial charge in [0.05, 0.1) is 6.54 Å². The van der Waals surface area contributed by atoms with Gasteiger partial charge in [-0.25, -0.2) is 4.68 Å². The van der Waals surface area contributed by atoms with Crippen LogP contribution in [0.1, 0.15) is 31.3 Å². The predicted octanol–water partition coefficient (Wildman–Crippen LogP) is 0.783. The van der Waals surface area contributed by atoms with Gasteiger partial charge in [0.2, 0.25) is 5.91 Å². The summed E-state index contributed by atoms with van der Waals surface area (Å²) in [4.78, 5) is 14.1. The highest BCUT2D eigenvalue weighted by atomic mass is 32.2. The van der Waals surface area contributed by atoms with Gasteiger partial charge in [0.15, 0.2) is 5.82 Å². The molecule has 120 valence electrons. The lowest BCUT2D eigenvalue weighted by Crippen LogP contribution is -2.65. The number of fused-ring (bicyclic) bond motifs is 1. The van der Waals surface area contributed by atoms with E-state index in [-0.39, 0.29) is 22.1 Å². The van der Waals surface area contributed by atoms with Crippen LogP contribution < -0.4 is 5.73 Å². The SMILES string of the molecule is CC1(C)S[C@H]2C(N)C(=O)N2C1c1nnnn1Cc1ccccc1. The number of tetrazole rings is 1. The lowest BCUT2D eigenvalue weighted by Gasteiger charge is -2.42. The standard InChI is InChI=1S/C15H18N6OS/c1-15(2)11(21-13(22)10(16)14(21)23-15)12-17-18-19-20(12)8-9-6-4-3-5-7-9/h3-7,10-11,14H,8,16H2,1-2H3/t10?,11?,14-/m0/s1. The van der Waals surface area contributed by atoms with Crippen LogP contribution in [0.4, 0.5) is 0 Å². The molecule has 1 aromatic carbocycles. The van der Waals surface area contributed by atoms with E-state index in [0.29, 0.717) is 12.4 Å². The summed E-state index contributed by atoms with van der Waals surface area (Å²) in [6, 6.07) is 9.45. The van der Waals surface area contributed by atoms with Crippen LogP contribution in [0.25, 0.3) is 0 Å². The molecule has 0 spiro atoms. The van der Waals surface area contributed by atoms with Crippen LogP contribution in [0.2, 0.25) is 0 Å². The summed E-state index contributed by atoms with van der Waals surface area (Å²) < 4.78 is 1.60. The van der Waals surface area contributed by atoms with Crippen LogP contribution in [0, 0.1) is 0 Å². The fraction of sp³-hybridized carbons (Fsp3) is 0.467. The zero-order valence-corrected chi connectivity index (χ0v) is 13.8. The van der Waals surface area contributed by atoms with Crippen molar-refractivity contribution in [2.45, 2.75) is 42.6 Å². The van der Waals surface area contributed by atoms with E-state index in [1.807, 2.05) is 35.2 Å². The van der Waals surface area contributed by atoms with Crippen LogP contribution in [0.3, 0.4) is 0 Å². The highest BCUT2D eigenvalue weighted by Gasteiger charge is 2.61. The Morgan fingerprint density at radius 1 is 1.30 bits per heavy atom. The summed E-state index contributed by atoms with van der Waals surface area (Å²) in [7, 11) is 0. The Labute approximate surface area is 138 Å². The Morgan fingerprint density at radius 3 is 2.78 bits per heavy atom. The van der Waals surface area contributed by atoms with E-state index in [4.69, 9.17) is 5.73 Å². The zero-order chi connectivity index (χ0) is 16.2. The van der Waals surface area contributed by atoms with Crippen molar-refractivity contribution >= 4 is 17.7 Å². The lowest BCUT2D eigenvalue weighted by molar-refractivity contribution is -0.147. The summed E-state index contributed by atoms with van der Waals surface area (Å²) in [6.07, 6.45) is 0. The molecule has 0 radical (unpaired) electrons. The fourth-order valence-electron chi connectivity index (χ4n) is 3.34. The summed E-state index contributed by atoms with van der Waals surface area (Å²) in [5.74, 6) is 0.696. The topological polar surface area (TPSA) is 89.9 Å². The number of hydrogen-bond donors (Lipinski definition) is 1. The summed E-state index contributed by atoms with van der Waals surface area (Å²) in [5, 5.41) is 12.2. The number of β-lactam (4-membered cyclic amide) rings is 1. The number of carbonyl (C=O) groups excluding carboxylic acids is 1. The van der Waals surface area contributed by atoms with Crippen molar-refractivity contribution in [1.82, 2.24) is 25.1 Å². The first-order valence-corrected chi connectivity index (χ1v) is 8.42. The number of amides is 1. The minimum Gasteiger partial charge on any atom is -0.317 e. The number of benzene rings is 1. The van der Waals surface area contributed by atoms with Crippen molar-refractivity contribution in [3.05, 3.63) is 41.7 Å². The highest BCUT2D eigenvalue weighted by molar-refractivity contribution is 8.01. The molecule has 1 aromatic heterocycles. The number of rotatable bonds is 3. The molecule has 4 rings (SSSR count). The number of carbonyl (C=O) groups is 1. The molecule has 0 aliphatic carbocycles. The summed E-state index contributed by atoms with van der Waals surface area (Å²) in [5.41, 5.74) is 7.05. The second kappa shape index (κ2) is 5.04. The Morgan fingerprint density at radius 2 is 2.04 bits per heavy atom. The molecule has 3 heterocycles. The van der Waals surface area contributed by atoms with Crippen molar-refractivity contribution in [2.75, 3.05) is 0 Å². The third kappa shape index (κ3) is 2.16. The van der Waals surface area contributed by atoms with Crippen molar-refractivity contribution in [3.8, 4) is 0 Å². The van der Waals surface area contributed by atoms with E-state index in [1.165, 1.54) is 0 Å². The maximum atomic E-state index is 12.2. The van der Waals surface area contributed by atoms with E-state index < -0.39 is 6.04 Å². The van der Waals surface area contributed by atoms with Gasteiger partial charge in [-0.15, -0.1) is 16.9 Å². The number of thioether (sulfide) groups is 1. The Balaban J connectivity index is 1.68. The molecule has 8 heteroatoms. The van der Waals surface area contributed by atoms with E-state index in [0.717, 1.165) is 5.56 Å². The molecule has 2 aromatic rings. The van der Waals surface area contributed by atoms with Crippen LogP contribution in [0.15, 0.2) is 30.3 Å². The maximum Gasteiger partial charge on any atom is 0.244 e. The molecule has 7 nitrogen and oxygen atoms in total. The van der Waals surface area contributed by atoms with Gasteiger partial charge in [0.1, 0.15) is 17.5 Å². The van der Waals surface area contributed by atoms with Gasteiger partial charge in [-0.2, -0.15) is 0 Å². The third-order valence-electron chi connectivity index (χ3n) is 4.46.